The lowest BCUT2D eigenvalue weighted by molar-refractivity contribution is -0.125. The van der Waals surface area contributed by atoms with E-state index in [1.54, 1.807) is 20.8 Å². The smallest absolute Gasteiger partial charge is 0.417 e. The maximum Gasteiger partial charge on any atom is 0.417 e. The Labute approximate surface area is 106 Å². The summed E-state index contributed by atoms with van der Waals surface area (Å²) in [5.74, 6) is -0.610. The fourth-order valence-electron chi connectivity index (χ4n) is 2.31. The third kappa shape index (κ3) is 2.00. The summed E-state index contributed by atoms with van der Waals surface area (Å²) in [7, 11) is 0. The second kappa shape index (κ2) is 4.15. The molecule has 2 aliphatic rings. The van der Waals surface area contributed by atoms with Gasteiger partial charge in [-0.1, -0.05) is 12.2 Å². The van der Waals surface area contributed by atoms with Gasteiger partial charge in [0.1, 0.15) is 5.60 Å². The van der Waals surface area contributed by atoms with Crippen LogP contribution in [0.5, 0.6) is 0 Å². The molecular weight excluding hydrogens is 234 g/mol. The van der Waals surface area contributed by atoms with E-state index in [9.17, 15) is 9.59 Å². The minimum Gasteiger partial charge on any atom is -0.515 e. The van der Waals surface area contributed by atoms with Crippen molar-refractivity contribution in [2.75, 3.05) is 0 Å². The van der Waals surface area contributed by atoms with Crippen LogP contribution < -0.4 is 0 Å². The van der Waals surface area contributed by atoms with E-state index in [1.165, 1.54) is 0 Å². The van der Waals surface area contributed by atoms with Gasteiger partial charge < -0.3 is 9.84 Å². The molecule has 18 heavy (non-hydrogen) atoms. The number of hydrogen-bond acceptors (Lipinski definition) is 4. The molecule has 0 aromatic carbocycles. The summed E-state index contributed by atoms with van der Waals surface area (Å²) in [6.45, 7) is 5.24. The number of ether oxygens (including phenoxy) is 1. The molecule has 5 nitrogen and oxygen atoms in total. The number of imide groups is 1. The van der Waals surface area contributed by atoms with Gasteiger partial charge in [-0.25, -0.2) is 9.69 Å². The van der Waals surface area contributed by atoms with Crippen molar-refractivity contribution >= 4 is 12.0 Å². The minimum atomic E-state index is -0.661. The number of fused-ring (bicyclic) bond motifs is 1. The van der Waals surface area contributed by atoms with Gasteiger partial charge in [0.2, 0.25) is 0 Å². The second-order valence-corrected chi connectivity index (χ2v) is 5.50. The Balaban J connectivity index is 2.25. The molecule has 2 amide bonds. The Morgan fingerprint density at radius 2 is 2.22 bits per heavy atom. The molecule has 0 bridgehead atoms. The zero-order valence-corrected chi connectivity index (χ0v) is 10.7. The second-order valence-electron chi connectivity index (χ2n) is 5.50. The summed E-state index contributed by atoms with van der Waals surface area (Å²) in [5.41, 5.74) is -0.378. The van der Waals surface area contributed by atoms with Crippen molar-refractivity contribution in [3.8, 4) is 0 Å². The van der Waals surface area contributed by atoms with E-state index in [-0.39, 0.29) is 17.5 Å². The lowest BCUT2D eigenvalue weighted by atomic mass is 9.99. The predicted molar refractivity (Wildman–Crippen MR) is 64.8 cm³/mol. The summed E-state index contributed by atoms with van der Waals surface area (Å²) in [4.78, 5) is 25.1. The Morgan fingerprint density at radius 1 is 1.56 bits per heavy atom. The van der Waals surface area contributed by atoms with Gasteiger partial charge in [0.05, 0.1) is 17.9 Å². The molecule has 0 aromatic heterocycles. The van der Waals surface area contributed by atoms with Crippen molar-refractivity contribution in [2.45, 2.75) is 38.8 Å². The number of hydrogen-bond donors (Lipinski definition) is 1. The summed E-state index contributed by atoms with van der Waals surface area (Å²) >= 11 is 0. The molecule has 98 valence electrons. The number of carbonyl (C=O) groups excluding carboxylic acids is 2. The average molecular weight is 251 g/mol. The molecule has 2 rings (SSSR count). The third-order valence-electron chi connectivity index (χ3n) is 3.03. The molecule has 5 heteroatoms. The lowest BCUT2D eigenvalue weighted by Gasteiger charge is -2.25. The quantitative estimate of drug-likeness (QED) is 0.407. The number of amides is 2. The van der Waals surface area contributed by atoms with Crippen LogP contribution in [-0.2, 0) is 9.53 Å². The van der Waals surface area contributed by atoms with Crippen LogP contribution in [0.25, 0.3) is 0 Å². The van der Waals surface area contributed by atoms with E-state index in [1.807, 2.05) is 12.2 Å². The van der Waals surface area contributed by atoms with Crippen molar-refractivity contribution in [3.63, 3.8) is 0 Å². The molecule has 2 atom stereocenters. The molecule has 0 radical (unpaired) electrons. The number of aliphatic hydroxyl groups excluding tert-OH is 1. The van der Waals surface area contributed by atoms with Crippen LogP contribution in [0.4, 0.5) is 4.79 Å². The Hall–Kier alpha value is -1.78. The fourth-order valence-corrected chi connectivity index (χ4v) is 2.31. The van der Waals surface area contributed by atoms with Gasteiger partial charge in [0.15, 0.2) is 0 Å². The van der Waals surface area contributed by atoms with Gasteiger partial charge in [0, 0.05) is 5.92 Å². The number of carbonyl (C=O) groups is 2. The molecule has 1 heterocycles. The van der Waals surface area contributed by atoms with E-state index in [0.29, 0.717) is 6.42 Å². The van der Waals surface area contributed by atoms with Crippen molar-refractivity contribution in [1.82, 2.24) is 4.90 Å². The highest BCUT2D eigenvalue weighted by atomic mass is 16.6. The molecule has 1 saturated heterocycles. The Kier molecular flexibility index (Phi) is 2.92. The van der Waals surface area contributed by atoms with Gasteiger partial charge in [0.25, 0.3) is 5.91 Å². The van der Waals surface area contributed by atoms with E-state index in [0.717, 1.165) is 11.2 Å². The van der Waals surface area contributed by atoms with Crippen molar-refractivity contribution in [2.24, 2.45) is 5.92 Å². The van der Waals surface area contributed by atoms with E-state index in [4.69, 9.17) is 9.84 Å². The predicted octanol–water partition coefficient (Wildman–Crippen LogP) is 2.15. The zero-order chi connectivity index (χ0) is 13.5. The van der Waals surface area contributed by atoms with Crippen molar-refractivity contribution < 1.29 is 19.4 Å². The van der Waals surface area contributed by atoms with E-state index >= 15 is 0 Å². The molecule has 1 aliphatic heterocycles. The first-order chi connectivity index (χ1) is 8.35. The highest BCUT2D eigenvalue weighted by Crippen LogP contribution is 2.38. The van der Waals surface area contributed by atoms with Crippen LogP contribution >= 0.6 is 0 Å². The standard InChI is InChI=1S/C13H17NO4/c1-13(2,3)18-12(17)14-10-6-4-5-8(10)9(7-15)11(14)16/h4,6-8,10,15H,5H2,1-3H3/t8-,10-/m1/s1. The molecule has 1 fully saturated rings. The molecule has 0 aromatic rings. The van der Waals surface area contributed by atoms with Gasteiger partial charge in [-0.15, -0.1) is 0 Å². The molecule has 0 spiro atoms. The van der Waals surface area contributed by atoms with Crippen LogP contribution in [-0.4, -0.2) is 33.6 Å². The zero-order valence-electron chi connectivity index (χ0n) is 10.7. The third-order valence-corrected chi connectivity index (χ3v) is 3.03. The topological polar surface area (TPSA) is 66.8 Å². The van der Waals surface area contributed by atoms with Crippen LogP contribution in [0.3, 0.4) is 0 Å². The summed E-state index contributed by atoms with van der Waals surface area (Å²) < 4.78 is 5.22. The number of nitrogens with zero attached hydrogens (tertiary/aromatic N) is 1. The number of likely N-dealkylation sites (tertiary alicyclic amines) is 1. The van der Waals surface area contributed by atoms with Crippen molar-refractivity contribution in [3.05, 3.63) is 24.0 Å². The van der Waals surface area contributed by atoms with Crippen LogP contribution in [0.1, 0.15) is 27.2 Å². The first kappa shape index (κ1) is 12.7. The van der Waals surface area contributed by atoms with E-state index < -0.39 is 17.6 Å². The van der Waals surface area contributed by atoms with Gasteiger partial charge in [-0.2, -0.15) is 0 Å². The SMILES string of the molecule is CC(C)(C)OC(=O)N1C(=O)C(=CO)[C@H]2CC=C[C@H]21. The Morgan fingerprint density at radius 3 is 2.78 bits per heavy atom. The molecule has 0 saturated carbocycles. The monoisotopic (exact) mass is 251 g/mol. The first-order valence-corrected chi connectivity index (χ1v) is 5.92. The maximum atomic E-state index is 12.0. The highest BCUT2D eigenvalue weighted by molar-refractivity contribution is 6.06. The molecule has 0 unspecified atom stereocenters. The van der Waals surface area contributed by atoms with Gasteiger partial charge in [-0.3, -0.25) is 4.79 Å². The normalized spacial score (nSPS) is 28.9. The summed E-state index contributed by atoms with van der Waals surface area (Å²) in [6.07, 6.45) is 4.51. The number of aliphatic hydroxyl groups is 1. The molecular formula is C13H17NO4. The summed E-state index contributed by atoms with van der Waals surface area (Å²) in [6, 6.07) is -0.328. The van der Waals surface area contributed by atoms with Gasteiger partial charge in [-0.05, 0) is 27.2 Å². The number of rotatable bonds is 0. The average Bonchev–Trinajstić information content (AvgIpc) is 2.73. The largest absolute Gasteiger partial charge is 0.515 e. The fraction of sp³-hybridized carbons (Fsp3) is 0.538. The highest BCUT2D eigenvalue weighted by Gasteiger charge is 2.48. The van der Waals surface area contributed by atoms with E-state index in [2.05, 4.69) is 0 Å². The molecule has 1 N–H and O–H groups in total. The Bertz CT molecular complexity index is 444. The van der Waals surface area contributed by atoms with Crippen LogP contribution in [0.15, 0.2) is 24.0 Å². The molecule has 1 aliphatic carbocycles. The first-order valence-electron chi connectivity index (χ1n) is 5.92. The maximum absolute atomic E-state index is 12.0. The van der Waals surface area contributed by atoms with Crippen LogP contribution in [0, 0.1) is 5.92 Å². The lowest BCUT2D eigenvalue weighted by Crippen LogP contribution is -2.42. The van der Waals surface area contributed by atoms with Crippen LogP contribution in [0.2, 0.25) is 0 Å². The van der Waals surface area contributed by atoms with Crippen molar-refractivity contribution in [1.29, 1.82) is 0 Å². The number of allylic oxidation sites excluding steroid dienone is 1. The minimum absolute atomic E-state index is 0.144. The summed E-state index contributed by atoms with van der Waals surface area (Å²) in [5, 5.41) is 9.13. The van der Waals surface area contributed by atoms with Gasteiger partial charge >= 0.3 is 6.09 Å².